The number of aryl methyl sites for hydroxylation is 4. The molecule has 0 spiro atoms. The van der Waals surface area contributed by atoms with Gasteiger partial charge in [-0.3, -0.25) is 4.79 Å². The van der Waals surface area contributed by atoms with Crippen LogP contribution in [-0.2, 0) is 22.5 Å². The van der Waals surface area contributed by atoms with Gasteiger partial charge in [0.25, 0.3) is 0 Å². The monoisotopic (exact) mass is 343 g/mol. The molecule has 0 bridgehead atoms. The highest BCUT2D eigenvalue weighted by Gasteiger charge is 2.18. The van der Waals surface area contributed by atoms with Crippen molar-refractivity contribution < 1.29 is 18.7 Å². The molecule has 0 saturated heterocycles. The molecule has 5 heteroatoms. The molecule has 2 aromatic rings. The Morgan fingerprint density at radius 1 is 1.16 bits per heavy atom. The number of methoxy groups -OCH3 is 1. The number of hydrogen-bond donors (Lipinski definition) is 0. The van der Waals surface area contributed by atoms with Crippen LogP contribution in [0.3, 0.4) is 0 Å². The number of rotatable bonds is 6. The molecular weight excluding hydrogens is 318 g/mol. The minimum Gasteiger partial charge on any atom is -0.465 e. The van der Waals surface area contributed by atoms with Crippen LogP contribution >= 0.6 is 0 Å². The molecule has 1 aromatic heterocycles. The van der Waals surface area contributed by atoms with Crippen LogP contribution in [0.2, 0.25) is 0 Å². The highest BCUT2D eigenvalue weighted by Crippen LogP contribution is 2.18. The highest BCUT2D eigenvalue weighted by molar-refractivity contribution is 5.90. The number of benzene rings is 1. The van der Waals surface area contributed by atoms with Crippen molar-refractivity contribution in [3.63, 3.8) is 0 Å². The van der Waals surface area contributed by atoms with E-state index in [1.807, 2.05) is 0 Å². The van der Waals surface area contributed by atoms with Crippen molar-refractivity contribution in [3.05, 3.63) is 58.0 Å². The summed E-state index contributed by atoms with van der Waals surface area (Å²) < 4.78 is 10.3. The van der Waals surface area contributed by atoms with Gasteiger partial charge in [-0.25, -0.2) is 4.79 Å². The van der Waals surface area contributed by atoms with Crippen LogP contribution in [0.1, 0.15) is 45.0 Å². The summed E-state index contributed by atoms with van der Waals surface area (Å²) in [6, 6.07) is 7.91. The molecular formula is C20H25NO4. The zero-order valence-electron chi connectivity index (χ0n) is 15.5. The van der Waals surface area contributed by atoms with Crippen LogP contribution in [0.25, 0.3) is 0 Å². The number of nitrogens with zero attached hydrogens (tertiary/aromatic N) is 1. The Morgan fingerprint density at radius 3 is 2.52 bits per heavy atom. The summed E-state index contributed by atoms with van der Waals surface area (Å²) in [5.74, 6) is 0.670. The SMILES string of the molecule is COC(=O)c1cc(CN(C)C(=O)CCc2ccc(C)cc2C)oc1C. The van der Waals surface area contributed by atoms with E-state index in [1.165, 1.54) is 23.8 Å². The third-order valence-electron chi connectivity index (χ3n) is 4.30. The molecule has 0 aliphatic carbocycles. The molecule has 0 aliphatic heterocycles. The minimum atomic E-state index is -0.434. The van der Waals surface area contributed by atoms with Gasteiger partial charge in [-0.2, -0.15) is 0 Å². The van der Waals surface area contributed by atoms with Crippen molar-refractivity contribution >= 4 is 11.9 Å². The number of carbonyl (C=O) groups excluding carboxylic acids is 2. The van der Waals surface area contributed by atoms with Crippen LogP contribution in [-0.4, -0.2) is 30.9 Å². The van der Waals surface area contributed by atoms with Gasteiger partial charge in [-0.1, -0.05) is 23.8 Å². The Labute approximate surface area is 148 Å². The van der Waals surface area contributed by atoms with E-state index >= 15 is 0 Å². The van der Waals surface area contributed by atoms with Gasteiger partial charge >= 0.3 is 5.97 Å². The number of carbonyl (C=O) groups is 2. The van der Waals surface area contributed by atoms with Gasteiger partial charge < -0.3 is 14.1 Å². The van der Waals surface area contributed by atoms with E-state index in [2.05, 4.69) is 32.0 Å². The van der Waals surface area contributed by atoms with Crippen LogP contribution in [0.4, 0.5) is 0 Å². The molecule has 0 aliphatic rings. The molecule has 0 radical (unpaired) electrons. The van der Waals surface area contributed by atoms with Crippen LogP contribution in [0.5, 0.6) is 0 Å². The maximum absolute atomic E-state index is 12.4. The van der Waals surface area contributed by atoms with Crippen molar-refractivity contribution in [3.8, 4) is 0 Å². The zero-order valence-corrected chi connectivity index (χ0v) is 15.5. The summed E-state index contributed by atoms with van der Waals surface area (Å²) in [6.07, 6.45) is 1.14. The third-order valence-corrected chi connectivity index (χ3v) is 4.30. The van der Waals surface area contributed by atoms with Gasteiger partial charge in [0.05, 0.1) is 13.7 Å². The summed E-state index contributed by atoms with van der Waals surface area (Å²) in [5.41, 5.74) is 4.02. The van der Waals surface area contributed by atoms with E-state index in [0.717, 1.165) is 0 Å². The number of esters is 1. The van der Waals surface area contributed by atoms with Crippen molar-refractivity contribution in [2.24, 2.45) is 0 Å². The molecule has 0 atom stereocenters. The van der Waals surface area contributed by atoms with Crippen molar-refractivity contribution in [2.45, 2.75) is 40.2 Å². The molecule has 0 N–H and O–H groups in total. The molecule has 1 amide bonds. The Bertz CT molecular complexity index is 776. The smallest absolute Gasteiger partial charge is 0.341 e. The Hall–Kier alpha value is -2.56. The lowest BCUT2D eigenvalue weighted by atomic mass is 10.0. The molecule has 1 aromatic carbocycles. The lowest BCUT2D eigenvalue weighted by Gasteiger charge is -2.16. The molecule has 0 fully saturated rings. The van der Waals surface area contributed by atoms with Crippen LogP contribution in [0, 0.1) is 20.8 Å². The summed E-state index contributed by atoms with van der Waals surface area (Å²) in [6.45, 7) is 6.15. The van der Waals surface area contributed by atoms with Gasteiger partial charge in [-0.05, 0) is 44.4 Å². The van der Waals surface area contributed by atoms with E-state index in [-0.39, 0.29) is 5.91 Å². The first kappa shape index (κ1) is 18.8. The first-order valence-electron chi connectivity index (χ1n) is 8.29. The van der Waals surface area contributed by atoms with E-state index in [9.17, 15) is 9.59 Å². The van der Waals surface area contributed by atoms with E-state index in [1.54, 1.807) is 24.9 Å². The lowest BCUT2D eigenvalue weighted by Crippen LogP contribution is -2.26. The molecule has 0 unspecified atom stereocenters. The molecule has 5 nitrogen and oxygen atoms in total. The Morgan fingerprint density at radius 2 is 1.88 bits per heavy atom. The second kappa shape index (κ2) is 8.01. The van der Waals surface area contributed by atoms with Gasteiger partial charge in [0.1, 0.15) is 17.1 Å². The fourth-order valence-corrected chi connectivity index (χ4v) is 2.81. The third kappa shape index (κ3) is 4.72. The van der Waals surface area contributed by atoms with Gasteiger partial charge in [0, 0.05) is 13.5 Å². The summed E-state index contributed by atoms with van der Waals surface area (Å²) in [4.78, 5) is 25.6. The quantitative estimate of drug-likeness (QED) is 0.752. The molecule has 2 rings (SSSR count). The molecule has 1 heterocycles. The zero-order chi connectivity index (χ0) is 18.6. The normalized spacial score (nSPS) is 10.6. The Kier molecular flexibility index (Phi) is 6.02. The van der Waals surface area contributed by atoms with Crippen molar-refractivity contribution in [1.82, 2.24) is 4.90 Å². The van der Waals surface area contributed by atoms with Crippen molar-refractivity contribution in [2.75, 3.05) is 14.2 Å². The average Bonchev–Trinajstić information content (AvgIpc) is 2.93. The molecule has 134 valence electrons. The number of hydrogen-bond acceptors (Lipinski definition) is 4. The topological polar surface area (TPSA) is 59.8 Å². The van der Waals surface area contributed by atoms with Gasteiger partial charge in [-0.15, -0.1) is 0 Å². The van der Waals surface area contributed by atoms with Crippen LogP contribution < -0.4 is 0 Å². The van der Waals surface area contributed by atoms with Gasteiger partial charge in [0.15, 0.2) is 0 Å². The largest absolute Gasteiger partial charge is 0.465 e. The van der Waals surface area contributed by atoms with Gasteiger partial charge in [0.2, 0.25) is 5.91 Å². The maximum Gasteiger partial charge on any atom is 0.341 e. The first-order chi connectivity index (χ1) is 11.8. The maximum atomic E-state index is 12.4. The van der Waals surface area contributed by atoms with Crippen LogP contribution in [0.15, 0.2) is 28.7 Å². The van der Waals surface area contributed by atoms with E-state index in [4.69, 9.17) is 9.15 Å². The Balaban J connectivity index is 1.95. The second-order valence-electron chi connectivity index (χ2n) is 6.35. The standard InChI is InChI=1S/C20H25NO4/c1-13-6-7-16(14(2)10-13)8-9-19(22)21(4)12-17-11-18(15(3)25-17)20(23)24-5/h6-7,10-11H,8-9,12H2,1-5H3. The first-order valence-corrected chi connectivity index (χ1v) is 8.29. The molecule has 25 heavy (non-hydrogen) atoms. The summed E-state index contributed by atoms with van der Waals surface area (Å²) >= 11 is 0. The summed E-state index contributed by atoms with van der Waals surface area (Å²) in [5, 5.41) is 0. The summed E-state index contributed by atoms with van der Waals surface area (Å²) in [7, 11) is 3.07. The van der Waals surface area contributed by atoms with Crippen molar-refractivity contribution in [1.29, 1.82) is 0 Å². The van der Waals surface area contributed by atoms with E-state index in [0.29, 0.717) is 36.5 Å². The van der Waals surface area contributed by atoms with E-state index < -0.39 is 5.97 Å². The lowest BCUT2D eigenvalue weighted by molar-refractivity contribution is -0.130. The fourth-order valence-electron chi connectivity index (χ4n) is 2.81. The number of amides is 1. The second-order valence-corrected chi connectivity index (χ2v) is 6.35. The fraction of sp³-hybridized carbons (Fsp3) is 0.400. The predicted octanol–water partition coefficient (Wildman–Crippen LogP) is 3.58. The number of furan rings is 1. The minimum absolute atomic E-state index is 0.0358. The molecule has 0 saturated carbocycles. The number of ether oxygens (including phenoxy) is 1. The average molecular weight is 343 g/mol. The predicted molar refractivity (Wildman–Crippen MR) is 95.5 cm³/mol. The highest BCUT2D eigenvalue weighted by atomic mass is 16.5.